The lowest BCUT2D eigenvalue weighted by atomic mass is 10.0. The smallest absolute Gasteiger partial charge is 0.231 e. The van der Waals surface area contributed by atoms with Crippen molar-refractivity contribution < 1.29 is 14.2 Å². The number of aryl methyl sites for hydroxylation is 1. The average Bonchev–Trinajstić information content (AvgIpc) is 3.31. The number of nitrogens with zero attached hydrogens (tertiary/aromatic N) is 3. The molecule has 6 nitrogen and oxygen atoms in total. The summed E-state index contributed by atoms with van der Waals surface area (Å²) in [4.78, 5) is 4.83. The molecule has 0 saturated carbocycles. The maximum Gasteiger partial charge on any atom is 0.231 e. The van der Waals surface area contributed by atoms with Crippen LogP contribution in [0, 0.1) is 6.92 Å². The highest BCUT2D eigenvalue weighted by Crippen LogP contribution is 2.49. The molecule has 5 rings (SSSR count). The minimum atomic E-state index is 0.106. The van der Waals surface area contributed by atoms with Crippen LogP contribution in [0.5, 0.6) is 17.2 Å². The van der Waals surface area contributed by atoms with E-state index in [4.69, 9.17) is 24.3 Å². The van der Waals surface area contributed by atoms with Crippen LogP contribution in [0.25, 0.3) is 5.69 Å². The van der Waals surface area contributed by atoms with Gasteiger partial charge in [-0.1, -0.05) is 17.8 Å². The molecule has 2 aliphatic heterocycles. The van der Waals surface area contributed by atoms with Crippen LogP contribution in [0.4, 0.5) is 5.82 Å². The number of fused-ring (bicyclic) bond motifs is 2. The summed E-state index contributed by atoms with van der Waals surface area (Å²) < 4.78 is 18.2. The Morgan fingerprint density at radius 2 is 1.86 bits per heavy atom. The van der Waals surface area contributed by atoms with Crippen molar-refractivity contribution in [3.63, 3.8) is 0 Å². The number of ether oxygens (including phenoxy) is 3. The molecule has 3 heterocycles. The molecule has 142 valence electrons. The fraction of sp³-hybridized carbons (Fsp3) is 0.238. The topological polar surface area (TPSA) is 57.9 Å². The number of aliphatic imine (C=N–C) groups is 1. The van der Waals surface area contributed by atoms with E-state index in [0.717, 1.165) is 50.6 Å². The van der Waals surface area contributed by atoms with E-state index in [1.807, 2.05) is 48.9 Å². The molecule has 0 aliphatic carbocycles. The summed E-state index contributed by atoms with van der Waals surface area (Å²) in [5.41, 5.74) is 4.21. The van der Waals surface area contributed by atoms with E-state index in [-0.39, 0.29) is 12.0 Å². The Hall–Kier alpha value is -2.93. The van der Waals surface area contributed by atoms with E-state index < -0.39 is 0 Å². The minimum Gasteiger partial charge on any atom is -0.497 e. The molecule has 0 amide bonds. The lowest BCUT2D eigenvalue weighted by molar-refractivity contribution is 0.174. The van der Waals surface area contributed by atoms with Gasteiger partial charge in [-0.15, -0.1) is 0 Å². The Labute approximate surface area is 167 Å². The normalized spacial score (nSPS) is 17.2. The zero-order valence-electron chi connectivity index (χ0n) is 15.8. The molecule has 0 saturated heterocycles. The molecule has 0 N–H and O–H groups in total. The van der Waals surface area contributed by atoms with Gasteiger partial charge in [-0.2, -0.15) is 5.10 Å². The predicted molar refractivity (Wildman–Crippen MR) is 110 cm³/mol. The SMILES string of the molecule is COc1ccc(-n2nc(C)c3c2N=C(C)SC3c2ccc3c(c2)OCO3)cc1. The van der Waals surface area contributed by atoms with Crippen molar-refractivity contribution in [1.82, 2.24) is 9.78 Å². The number of rotatable bonds is 3. The van der Waals surface area contributed by atoms with Crippen LogP contribution < -0.4 is 14.2 Å². The van der Waals surface area contributed by atoms with Gasteiger partial charge in [-0.3, -0.25) is 0 Å². The summed E-state index contributed by atoms with van der Waals surface area (Å²) in [7, 11) is 1.66. The van der Waals surface area contributed by atoms with Gasteiger partial charge in [0.25, 0.3) is 0 Å². The van der Waals surface area contributed by atoms with Crippen molar-refractivity contribution in [1.29, 1.82) is 0 Å². The molecule has 2 aromatic carbocycles. The van der Waals surface area contributed by atoms with Crippen LogP contribution >= 0.6 is 11.8 Å². The molecular weight excluding hydrogens is 374 g/mol. The molecule has 28 heavy (non-hydrogen) atoms. The van der Waals surface area contributed by atoms with E-state index in [2.05, 4.69) is 12.1 Å². The van der Waals surface area contributed by atoms with Crippen molar-refractivity contribution >= 4 is 22.6 Å². The molecule has 7 heteroatoms. The Bertz CT molecular complexity index is 1090. The molecule has 0 fully saturated rings. The summed E-state index contributed by atoms with van der Waals surface area (Å²) >= 11 is 1.74. The van der Waals surface area contributed by atoms with Gasteiger partial charge < -0.3 is 14.2 Å². The molecule has 0 radical (unpaired) electrons. The Balaban J connectivity index is 1.62. The molecular formula is C21H19N3O3S. The van der Waals surface area contributed by atoms with Crippen LogP contribution in [0.15, 0.2) is 47.5 Å². The van der Waals surface area contributed by atoms with Gasteiger partial charge in [-0.25, -0.2) is 9.67 Å². The van der Waals surface area contributed by atoms with Gasteiger partial charge in [0.05, 0.1) is 28.8 Å². The average molecular weight is 393 g/mol. The van der Waals surface area contributed by atoms with Crippen molar-refractivity contribution in [2.75, 3.05) is 13.9 Å². The number of thioether (sulfide) groups is 1. The molecule has 3 aromatic rings. The molecule has 2 aliphatic rings. The van der Waals surface area contributed by atoms with Crippen LogP contribution in [-0.4, -0.2) is 28.7 Å². The Morgan fingerprint density at radius 3 is 2.64 bits per heavy atom. The lowest BCUT2D eigenvalue weighted by Gasteiger charge is -2.22. The van der Waals surface area contributed by atoms with E-state index in [1.54, 1.807) is 18.9 Å². The monoisotopic (exact) mass is 393 g/mol. The Morgan fingerprint density at radius 1 is 1.07 bits per heavy atom. The van der Waals surface area contributed by atoms with Crippen LogP contribution in [0.3, 0.4) is 0 Å². The number of hydrogen-bond acceptors (Lipinski definition) is 6. The summed E-state index contributed by atoms with van der Waals surface area (Å²) in [6.07, 6.45) is 0. The molecule has 1 aromatic heterocycles. The zero-order chi connectivity index (χ0) is 19.3. The third-order valence-electron chi connectivity index (χ3n) is 4.91. The summed E-state index contributed by atoms with van der Waals surface area (Å²) in [5.74, 6) is 3.28. The number of aromatic nitrogens is 2. The van der Waals surface area contributed by atoms with E-state index in [1.165, 1.54) is 0 Å². The second-order valence-electron chi connectivity index (χ2n) is 6.67. The molecule has 1 atom stereocenters. The first-order chi connectivity index (χ1) is 13.6. The van der Waals surface area contributed by atoms with Crippen molar-refractivity contribution in [2.24, 2.45) is 4.99 Å². The number of benzene rings is 2. The van der Waals surface area contributed by atoms with Gasteiger partial charge in [-0.05, 0) is 55.8 Å². The largest absolute Gasteiger partial charge is 0.497 e. The third-order valence-corrected chi connectivity index (χ3v) is 6.09. The summed E-state index contributed by atoms with van der Waals surface area (Å²) in [6, 6.07) is 14.0. The van der Waals surface area contributed by atoms with Crippen LogP contribution in [-0.2, 0) is 0 Å². The minimum absolute atomic E-state index is 0.106. The lowest BCUT2D eigenvalue weighted by Crippen LogP contribution is -2.06. The van der Waals surface area contributed by atoms with Gasteiger partial charge in [0.2, 0.25) is 6.79 Å². The third kappa shape index (κ3) is 2.74. The second kappa shape index (κ2) is 6.60. The molecule has 0 spiro atoms. The maximum atomic E-state index is 5.58. The van der Waals surface area contributed by atoms with E-state index in [0.29, 0.717) is 0 Å². The highest BCUT2D eigenvalue weighted by Gasteiger charge is 2.31. The van der Waals surface area contributed by atoms with Gasteiger partial charge in [0, 0.05) is 5.56 Å². The van der Waals surface area contributed by atoms with Crippen molar-refractivity contribution in [3.05, 3.63) is 59.3 Å². The highest BCUT2D eigenvalue weighted by atomic mass is 32.2. The second-order valence-corrected chi connectivity index (χ2v) is 7.97. The standard InChI is InChI=1S/C21H19N3O3S/c1-12-19-20(14-4-9-17-18(10-14)27-11-26-17)28-13(2)22-21(19)24(23-12)15-5-7-16(25-3)8-6-15/h4-10,20H,11H2,1-3H3. The van der Waals surface area contributed by atoms with Gasteiger partial charge in [0.1, 0.15) is 5.75 Å². The van der Waals surface area contributed by atoms with Gasteiger partial charge >= 0.3 is 0 Å². The fourth-order valence-corrected chi connectivity index (χ4v) is 4.72. The van der Waals surface area contributed by atoms with E-state index in [9.17, 15) is 0 Å². The number of methoxy groups -OCH3 is 1. The highest BCUT2D eigenvalue weighted by molar-refractivity contribution is 8.14. The maximum absolute atomic E-state index is 5.58. The van der Waals surface area contributed by atoms with Crippen molar-refractivity contribution in [3.8, 4) is 22.9 Å². The summed E-state index contributed by atoms with van der Waals surface area (Å²) in [6.45, 7) is 4.35. The van der Waals surface area contributed by atoms with Gasteiger partial charge in [0.15, 0.2) is 17.3 Å². The van der Waals surface area contributed by atoms with Crippen LogP contribution in [0.1, 0.15) is 29.0 Å². The molecule has 0 bridgehead atoms. The van der Waals surface area contributed by atoms with E-state index >= 15 is 0 Å². The fourth-order valence-electron chi connectivity index (χ4n) is 3.56. The Kier molecular flexibility index (Phi) is 4.05. The first-order valence-electron chi connectivity index (χ1n) is 8.99. The summed E-state index contributed by atoms with van der Waals surface area (Å²) in [5, 5.41) is 5.91. The quantitative estimate of drug-likeness (QED) is 0.639. The van der Waals surface area contributed by atoms with Crippen LogP contribution in [0.2, 0.25) is 0 Å². The zero-order valence-corrected chi connectivity index (χ0v) is 16.6. The first-order valence-corrected chi connectivity index (χ1v) is 9.87. The predicted octanol–water partition coefficient (Wildman–Crippen LogP) is 4.80. The van der Waals surface area contributed by atoms with Crippen molar-refractivity contribution in [2.45, 2.75) is 19.1 Å². The number of hydrogen-bond donors (Lipinski definition) is 0. The molecule has 1 unspecified atom stereocenters. The first kappa shape index (κ1) is 17.2.